The highest BCUT2D eigenvalue weighted by Crippen LogP contribution is 2.12. The monoisotopic (exact) mass is 169 g/mol. The molecule has 0 saturated carbocycles. The molecular formula is C9H15NS. The van der Waals surface area contributed by atoms with Crippen LogP contribution in [0.4, 0.5) is 0 Å². The molecule has 0 bridgehead atoms. The molecule has 1 fully saturated rings. The van der Waals surface area contributed by atoms with Gasteiger partial charge in [-0.1, -0.05) is 24.4 Å². The molecule has 62 valence electrons. The lowest BCUT2D eigenvalue weighted by Crippen LogP contribution is -2.25. The number of nitrogens with zero attached hydrogens (tertiary/aromatic N) is 1. The van der Waals surface area contributed by atoms with E-state index in [0.717, 1.165) is 24.5 Å². The summed E-state index contributed by atoms with van der Waals surface area (Å²) in [5.74, 6) is 0. The second kappa shape index (κ2) is 3.86. The summed E-state index contributed by atoms with van der Waals surface area (Å²) in [4.78, 5) is 3.37. The summed E-state index contributed by atoms with van der Waals surface area (Å²) < 4.78 is 0. The maximum atomic E-state index is 5.26. The van der Waals surface area contributed by atoms with Gasteiger partial charge in [-0.05, 0) is 19.8 Å². The van der Waals surface area contributed by atoms with Crippen molar-refractivity contribution in [3.63, 3.8) is 0 Å². The quantitative estimate of drug-likeness (QED) is 0.461. The van der Waals surface area contributed by atoms with Crippen molar-refractivity contribution in [2.75, 3.05) is 13.1 Å². The molecule has 0 amide bonds. The highest BCUT2D eigenvalue weighted by molar-refractivity contribution is 7.80. The second-order valence-electron chi connectivity index (χ2n) is 3.22. The van der Waals surface area contributed by atoms with E-state index in [1.807, 2.05) is 6.92 Å². The summed E-state index contributed by atoms with van der Waals surface area (Å²) in [6.45, 7) is 8.20. The first-order valence-corrected chi connectivity index (χ1v) is 4.53. The zero-order valence-corrected chi connectivity index (χ0v) is 7.91. The van der Waals surface area contributed by atoms with Crippen molar-refractivity contribution >= 4 is 17.2 Å². The Kier molecular flexibility index (Phi) is 3.06. The van der Waals surface area contributed by atoms with Gasteiger partial charge >= 0.3 is 0 Å². The van der Waals surface area contributed by atoms with Crippen LogP contribution in [-0.4, -0.2) is 23.0 Å². The fourth-order valence-corrected chi connectivity index (χ4v) is 1.77. The highest BCUT2D eigenvalue weighted by atomic mass is 32.1. The fraction of sp³-hybridized carbons (Fsp3) is 0.667. The molecule has 1 rings (SSSR count). The molecule has 0 radical (unpaired) electrons. The Balaban J connectivity index is 2.34. The van der Waals surface area contributed by atoms with E-state index in [0.29, 0.717) is 0 Å². The van der Waals surface area contributed by atoms with Crippen molar-refractivity contribution in [2.45, 2.75) is 26.2 Å². The van der Waals surface area contributed by atoms with Gasteiger partial charge in [-0.2, -0.15) is 0 Å². The predicted molar refractivity (Wildman–Crippen MR) is 52.8 cm³/mol. The predicted octanol–water partition coefficient (Wildman–Crippen LogP) is 2.38. The van der Waals surface area contributed by atoms with Gasteiger partial charge in [0.2, 0.25) is 0 Å². The third kappa shape index (κ3) is 2.62. The Hall–Kier alpha value is -0.370. The van der Waals surface area contributed by atoms with Gasteiger partial charge in [-0.3, -0.25) is 0 Å². The van der Waals surface area contributed by atoms with E-state index in [9.17, 15) is 0 Å². The minimum absolute atomic E-state index is 0.898. The van der Waals surface area contributed by atoms with E-state index in [1.54, 1.807) is 0 Å². The van der Waals surface area contributed by atoms with Gasteiger partial charge < -0.3 is 4.90 Å². The molecule has 1 nitrogen and oxygen atoms in total. The Morgan fingerprint density at radius 1 is 1.45 bits per heavy atom. The lowest BCUT2D eigenvalue weighted by molar-refractivity contribution is 0.521. The van der Waals surface area contributed by atoms with Gasteiger partial charge in [0.05, 0.1) is 4.99 Å². The van der Waals surface area contributed by atoms with Crippen molar-refractivity contribution in [2.24, 2.45) is 0 Å². The molecule has 11 heavy (non-hydrogen) atoms. The number of hydrogen-bond donors (Lipinski definition) is 0. The third-order valence-corrected chi connectivity index (χ3v) is 2.31. The summed E-state index contributed by atoms with van der Waals surface area (Å²) >= 11 is 5.26. The van der Waals surface area contributed by atoms with Gasteiger partial charge in [0, 0.05) is 19.5 Å². The van der Waals surface area contributed by atoms with Crippen molar-refractivity contribution < 1.29 is 0 Å². The average molecular weight is 169 g/mol. The summed E-state index contributed by atoms with van der Waals surface area (Å²) in [6.07, 6.45) is 3.50. The first-order chi connectivity index (χ1) is 5.20. The third-order valence-electron chi connectivity index (χ3n) is 1.91. The number of rotatable bonds is 2. The van der Waals surface area contributed by atoms with Crippen molar-refractivity contribution in [3.05, 3.63) is 12.2 Å². The number of likely N-dealkylation sites (tertiary alicyclic amines) is 1. The molecule has 0 aliphatic carbocycles. The molecule has 1 aliphatic rings. The lowest BCUT2D eigenvalue weighted by atomic mass is 10.2. The first-order valence-electron chi connectivity index (χ1n) is 4.12. The molecule has 0 spiro atoms. The molecule has 2 heteroatoms. The SMILES string of the molecule is C=C(C)CC(=S)N1CCCC1. The normalized spacial score (nSPS) is 17.0. The van der Waals surface area contributed by atoms with E-state index in [4.69, 9.17) is 12.2 Å². The van der Waals surface area contributed by atoms with Crippen molar-refractivity contribution in [1.29, 1.82) is 0 Å². The van der Waals surface area contributed by atoms with Crippen LogP contribution < -0.4 is 0 Å². The van der Waals surface area contributed by atoms with Gasteiger partial charge in [0.1, 0.15) is 0 Å². The lowest BCUT2D eigenvalue weighted by Gasteiger charge is -2.17. The number of hydrogen-bond acceptors (Lipinski definition) is 1. The van der Waals surface area contributed by atoms with Crippen LogP contribution in [-0.2, 0) is 0 Å². The molecule has 1 aliphatic heterocycles. The van der Waals surface area contributed by atoms with E-state index >= 15 is 0 Å². The smallest absolute Gasteiger partial charge is 0.0820 e. The summed E-state index contributed by atoms with van der Waals surface area (Å²) in [5.41, 5.74) is 1.17. The largest absolute Gasteiger partial charge is 0.366 e. The van der Waals surface area contributed by atoms with Gasteiger partial charge in [0.15, 0.2) is 0 Å². The Bertz CT molecular complexity index is 168. The van der Waals surface area contributed by atoms with Crippen LogP contribution >= 0.6 is 12.2 Å². The van der Waals surface area contributed by atoms with Crippen LogP contribution in [0.3, 0.4) is 0 Å². The van der Waals surface area contributed by atoms with Crippen molar-refractivity contribution in [1.82, 2.24) is 4.90 Å². The molecule has 0 N–H and O–H groups in total. The summed E-state index contributed by atoms with van der Waals surface area (Å²) in [5, 5.41) is 0. The zero-order chi connectivity index (χ0) is 8.27. The molecule has 0 atom stereocenters. The maximum absolute atomic E-state index is 5.26. The molecule has 0 aromatic rings. The Morgan fingerprint density at radius 2 is 2.00 bits per heavy atom. The standard InChI is InChI=1S/C9H15NS/c1-8(2)7-9(11)10-5-3-4-6-10/h1,3-7H2,2H3. The van der Waals surface area contributed by atoms with E-state index in [-0.39, 0.29) is 0 Å². The molecular weight excluding hydrogens is 154 g/mol. The van der Waals surface area contributed by atoms with Gasteiger partial charge in [0.25, 0.3) is 0 Å². The first kappa shape index (κ1) is 8.72. The van der Waals surface area contributed by atoms with E-state index < -0.39 is 0 Å². The van der Waals surface area contributed by atoms with Crippen LogP contribution in [0.5, 0.6) is 0 Å². The summed E-state index contributed by atoms with van der Waals surface area (Å²) in [6, 6.07) is 0. The van der Waals surface area contributed by atoms with E-state index in [1.165, 1.54) is 18.4 Å². The topological polar surface area (TPSA) is 3.24 Å². The zero-order valence-electron chi connectivity index (χ0n) is 7.10. The molecule has 0 aromatic heterocycles. The van der Waals surface area contributed by atoms with Crippen LogP contribution in [0.1, 0.15) is 26.2 Å². The van der Waals surface area contributed by atoms with Crippen LogP contribution in [0.2, 0.25) is 0 Å². The van der Waals surface area contributed by atoms with Crippen LogP contribution in [0.25, 0.3) is 0 Å². The van der Waals surface area contributed by atoms with Gasteiger partial charge in [-0.15, -0.1) is 0 Å². The highest BCUT2D eigenvalue weighted by Gasteiger charge is 2.13. The number of thiocarbonyl (C=S) groups is 1. The summed E-state index contributed by atoms with van der Waals surface area (Å²) in [7, 11) is 0. The minimum atomic E-state index is 0.898. The Morgan fingerprint density at radius 3 is 2.45 bits per heavy atom. The van der Waals surface area contributed by atoms with Crippen molar-refractivity contribution in [3.8, 4) is 0 Å². The minimum Gasteiger partial charge on any atom is -0.366 e. The molecule has 1 saturated heterocycles. The maximum Gasteiger partial charge on any atom is 0.0820 e. The Labute approximate surface area is 74.1 Å². The van der Waals surface area contributed by atoms with Crippen LogP contribution in [0, 0.1) is 0 Å². The fourth-order valence-electron chi connectivity index (χ4n) is 1.34. The van der Waals surface area contributed by atoms with Crippen LogP contribution in [0.15, 0.2) is 12.2 Å². The van der Waals surface area contributed by atoms with Gasteiger partial charge in [-0.25, -0.2) is 0 Å². The second-order valence-corrected chi connectivity index (χ2v) is 3.69. The van der Waals surface area contributed by atoms with E-state index in [2.05, 4.69) is 11.5 Å². The molecule has 1 heterocycles. The molecule has 0 aromatic carbocycles. The molecule has 0 unspecified atom stereocenters. The average Bonchev–Trinajstić information content (AvgIpc) is 2.35.